The summed E-state index contributed by atoms with van der Waals surface area (Å²) in [6.07, 6.45) is 26.1. The second-order valence-electron chi connectivity index (χ2n) is 18.5. The van der Waals surface area contributed by atoms with Crippen molar-refractivity contribution >= 4 is 0 Å². The maximum Gasteiger partial charge on any atom is 0.119 e. The van der Waals surface area contributed by atoms with Gasteiger partial charge in [-0.2, -0.15) is 0 Å². The van der Waals surface area contributed by atoms with Crippen LogP contribution in [0, 0.1) is 46.3 Å². The third-order valence-corrected chi connectivity index (χ3v) is 14.5. The smallest absolute Gasteiger partial charge is 0.119 e. The highest BCUT2D eigenvalue weighted by molar-refractivity contribution is 5.25. The van der Waals surface area contributed by atoms with Crippen LogP contribution < -0.4 is 4.74 Å². The Morgan fingerprint density at radius 1 is 0.780 bits per heavy atom. The highest BCUT2D eigenvalue weighted by Gasteiger charge is 2.59. The normalized spacial score (nSPS) is 31.9. The molecular formula is C46H77NO3. The van der Waals surface area contributed by atoms with Crippen molar-refractivity contribution < 1.29 is 14.2 Å². The lowest BCUT2D eigenvalue weighted by atomic mass is 9.47. The van der Waals surface area contributed by atoms with Gasteiger partial charge in [-0.1, -0.05) is 109 Å². The van der Waals surface area contributed by atoms with Crippen molar-refractivity contribution in [2.24, 2.45) is 46.3 Å². The van der Waals surface area contributed by atoms with E-state index in [9.17, 15) is 0 Å². The zero-order valence-electron chi connectivity index (χ0n) is 33.6. The Bertz CT molecular complexity index is 1150. The molecule has 0 amide bonds. The fourth-order valence-corrected chi connectivity index (χ4v) is 11.3. The lowest BCUT2D eigenvalue weighted by molar-refractivity contribution is -0.0641. The maximum absolute atomic E-state index is 6.56. The fourth-order valence-electron chi connectivity index (χ4n) is 11.3. The van der Waals surface area contributed by atoms with E-state index in [1.54, 1.807) is 5.57 Å². The quantitative estimate of drug-likeness (QED) is 0.0948. The Morgan fingerprint density at radius 2 is 1.52 bits per heavy atom. The summed E-state index contributed by atoms with van der Waals surface area (Å²) in [6, 6.07) is 10.3. The van der Waals surface area contributed by atoms with Crippen LogP contribution in [0.1, 0.15) is 144 Å². The standard InChI is InChI=1S/C46H77NO3/c1-35(2)18-17-19-36(3)42-24-25-43-41-23-22-37-32-40(26-28-45(37,4)44(41)27-29-46(42,43)5)49-31-16-11-9-8-10-15-30-48-33-38(47(6)7)34-50-39-20-13-12-14-21-39/h12-14,20-22,35-36,38,40-44H,8-11,15-19,23-34H2,1-7H3/t36-,38-,40+,41+,42-,43+,44+,45+,46-/m1/s1. The average Bonchev–Trinajstić information content (AvgIpc) is 3.46. The molecule has 4 heteroatoms. The SMILES string of the molecule is CC(C)CCC[C@@H](C)[C@H]1CC[C@H]2[C@@H]3CC=C4C[C@@H](OCCCCCCCCOC[C@H](COc5ccccc5)N(C)C)CC[C@]4(C)[C@H]3CC[C@]12C. The van der Waals surface area contributed by atoms with E-state index in [1.807, 2.05) is 30.3 Å². The Balaban J connectivity index is 0.939. The van der Waals surface area contributed by atoms with E-state index < -0.39 is 0 Å². The first-order chi connectivity index (χ1) is 24.1. The number of para-hydroxylation sites is 1. The van der Waals surface area contributed by atoms with Gasteiger partial charge in [0.05, 0.1) is 18.8 Å². The summed E-state index contributed by atoms with van der Waals surface area (Å²) in [6.45, 7) is 15.9. The molecule has 4 nitrogen and oxygen atoms in total. The highest BCUT2D eigenvalue weighted by Crippen LogP contribution is 2.67. The molecule has 0 bridgehead atoms. The fraction of sp³-hybridized carbons (Fsp3) is 0.826. The monoisotopic (exact) mass is 692 g/mol. The number of hydrogen-bond acceptors (Lipinski definition) is 4. The van der Waals surface area contributed by atoms with Gasteiger partial charge in [0.2, 0.25) is 0 Å². The van der Waals surface area contributed by atoms with Gasteiger partial charge in [-0.25, -0.2) is 0 Å². The molecule has 3 saturated carbocycles. The topological polar surface area (TPSA) is 30.9 Å². The molecule has 0 radical (unpaired) electrons. The van der Waals surface area contributed by atoms with Gasteiger partial charge < -0.3 is 19.1 Å². The van der Waals surface area contributed by atoms with Crippen LogP contribution in [-0.2, 0) is 9.47 Å². The summed E-state index contributed by atoms with van der Waals surface area (Å²) in [5.41, 5.74) is 2.79. The third kappa shape index (κ3) is 10.2. The van der Waals surface area contributed by atoms with Crippen molar-refractivity contribution in [3.05, 3.63) is 42.0 Å². The van der Waals surface area contributed by atoms with Crippen molar-refractivity contribution in [2.75, 3.05) is 40.5 Å². The molecule has 1 aromatic carbocycles. The molecular weight excluding hydrogens is 615 g/mol. The summed E-state index contributed by atoms with van der Waals surface area (Å²) < 4.78 is 18.6. The lowest BCUT2D eigenvalue weighted by Crippen LogP contribution is -2.51. The molecule has 4 aliphatic rings. The van der Waals surface area contributed by atoms with E-state index in [1.165, 1.54) is 103 Å². The highest BCUT2D eigenvalue weighted by atomic mass is 16.5. The predicted octanol–water partition coefficient (Wildman–Crippen LogP) is 11.8. The largest absolute Gasteiger partial charge is 0.492 e. The van der Waals surface area contributed by atoms with Gasteiger partial charge in [-0.15, -0.1) is 0 Å². The molecule has 1 aromatic rings. The van der Waals surface area contributed by atoms with Gasteiger partial charge in [0.15, 0.2) is 0 Å². The number of ether oxygens (including phenoxy) is 3. The number of likely N-dealkylation sites (N-methyl/N-ethyl adjacent to an activating group) is 1. The average molecular weight is 692 g/mol. The van der Waals surface area contributed by atoms with E-state index in [0.29, 0.717) is 30.1 Å². The number of benzene rings is 1. The van der Waals surface area contributed by atoms with E-state index in [0.717, 1.165) is 60.9 Å². The van der Waals surface area contributed by atoms with E-state index in [4.69, 9.17) is 14.2 Å². The number of rotatable bonds is 21. The second kappa shape index (κ2) is 19.1. The van der Waals surface area contributed by atoms with Crippen molar-refractivity contribution in [3.8, 4) is 5.75 Å². The van der Waals surface area contributed by atoms with Crippen LogP contribution in [0.2, 0.25) is 0 Å². The lowest BCUT2D eigenvalue weighted by Gasteiger charge is -2.58. The van der Waals surface area contributed by atoms with Crippen LogP contribution in [0.25, 0.3) is 0 Å². The third-order valence-electron chi connectivity index (χ3n) is 14.5. The van der Waals surface area contributed by atoms with Crippen LogP contribution in [0.15, 0.2) is 42.0 Å². The molecule has 0 heterocycles. The minimum atomic E-state index is 0.265. The first-order valence-corrected chi connectivity index (χ1v) is 21.3. The van der Waals surface area contributed by atoms with Crippen LogP contribution >= 0.6 is 0 Å². The molecule has 5 rings (SSSR count). The van der Waals surface area contributed by atoms with E-state index in [-0.39, 0.29) is 6.04 Å². The molecule has 0 spiro atoms. The van der Waals surface area contributed by atoms with Gasteiger partial charge in [-0.3, -0.25) is 0 Å². The van der Waals surface area contributed by atoms with Gasteiger partial charge >= 0.3 is 0 Å². The Kier molecular flexibility index (Phi) is 15.2. The molecule has 284 valence electrons. The van der Waals surface area contributed by atoms with Gasteiger partial charge in [0.1, 0.15) is 12.4 Å². The first kappa shape index (κ1) is 39.8. The zero-order chi connectivity index (χ0) is 35.6. The molecule has 0 aromatic heterocycles. The van der Waals surface area contributed by atoms with Crippen LogP contribution in [0.5, 0.6) is 5.75 Å². The molecule has 4 aliphatic carbocycles. The van der Waals surface area contributed by atoms with Crippen molar-refractivity contribution in [1.29, 1.82) is 0 Å². The Labute approximate surface area is 308 Å². The summed E-state index contributed by atoms with van der Waals surface area (Å²) >= 11 is 0. The maximum atomic E-state index is 6.56. The van der Waals surface area contributed by atoms with Crippen molar-refractivity contribution in [3.63, 3.8) is 0 Å². The first-order valence-electron chi connectivity index (χ1n) is 21.3. The van der Waals surface area contributed by atoms with Gasteiger partial charge in [0, 0.05) is 13.2 Å². The Morgan fingerprint density at radius 3 is 2.26 bits per heavy atom. The number of allylic oxidation sites excluding steroid dienone is 1. The number of hydrogen-bond donors (Lipinski definition) is 0. The van der Waals surface area contributed by atoms with Crippen LogP contribution in [0.4, 0.5) is 0 Å². The number of unbranched alkanes of at least 4 members (excludes halogenated alkanes) is 5. The molecule has 9 atom stereocenters. The van der Waals surface area contributed by atoms with Gasteiger partial charge in [-0.05, 0) is 137 Å². The summed E-state index contributed by atoms with van der Waals surface area (Å²) in [5.74, 6) is 6.41. The minimum Gasteiger partial charge on any atom is -0.492 e. The van der Waals surface area contributed by atoms with Gasteiger partial charge in [0.25, 0.3) is 0 Å². The second-order valence-corrected chi connectivity index (χ2v) is 18.5. The predicted molar refractivity (Wildman–Crippen MR) is 211 cm³/mol. The molecule has 0 unspecified atom stereocenters. The van der Waals surface area contributed by atoms with E-state index in [2.05, 4.69) is 59.7 Å². The Hall–Kier alpha value is -1.36. The van der Waals surface area contributed by atoms with Crippen molar-refractivity contribution in [1.82, 2.24) is 4.90 Å². The van der Waals surface area contributed by atoms with Crippen molar-refractivity contribution in [2.45, 2.75) is 156 Å². The summed E-state index contributed by atoms with van der Waals surface area (Å²) in [5, 5.41) is 0. The number of nitrogens with zero attached hydrogens (tertiary/aromatic N) is 1. The minimum absolute atomic E-state index is 0.265. The zero-order valence-corrected chi connectivity index (χ0v) is 33.6. The van der Waals surface area contributed by atoms with E-state index >= 15 is 0 Å². The molecule has 0 aliphatic heterocycles. The molecule has 0 saturated heterocycles. The number of fused-ring (bicyclic) bond motifs is 5. The summed E-state index contributed by atoms with van der Waals surface area (Å²) in [7, 11) is 4.20. The van der Waals surface area contributed by atoms with Crippen LogP contribution in [-0.4, -0.2) is 57.6 Å². The van der Waals surface area contributed by atoms with Crippen LogP contribution in [0.3, 0.4) is 0 Å². The summed E-state index contributed by atoms with van der Waals surface area (Å²) in [4.78, 5) is 2.20. The molecule has 0 N–H and O–H groups in total. The molecule has 3 fully saturated rings. The molecule has 50 heavy (non-hydrogen) atoms.